The van der Waals surface area contributed by atoms with Crippen molar-refractivity contribution in [2.75, 3.05) is 11.9 Å². The molecule has 2 aromatic carbocycles. The Bertz CT molecular complexity index is 779. The fourth-order valence-corrected chi connectivity index (χ4v) is 2.92. The second-order valence-corrected chi connectivity index (χ2v) is 6.12. The molecule has 0 fully saturated rings. The van der Waals surface area contributed by atoms with Gasteiger partial charge in [-0.3, -0.25) is 4.79 Å². The van der Waals surface area contributed by atoms with Crippen LogP contribution in [0.4, 0.5) is 5.69 Å². The van der Waals surface area contributed by atoms with Crippen LogP contribution < -0.4 is 5.32 Å². The molecule has 0 aliphatic heterocycles. The summed E-state index contributed by atoms with van der Waals surface area (Å²) in [5, 5.41) is 3.48. The van der Waals surface area contributed by atoms with E-state index < -0.39 is 0 Å². The summed E-state index contributed by atoms with van der Waals surface area (Å²) in [6, 6.07) is 20.0. The van der Waals surface area contributed by atoms with E-state index in [1.54, 1.807) is 6.26 Å². The summed E-state index contributed by atoms with van der Waals surface area (Å²) >= 11 is 0. The monoisotopic (exact) mass is 333 g/mol. The van der Waals surface area contributed by atoms with E-state index in [4.69, 9.17) is 4.42 Å². The minimum Gasteiger partial charge on any atom is -0.464 e. The molecule has 3 rings (SSSR count). The molecule has 1 aromatic heterocycles. The van der Waals surface area contributed by atoms with Crippen molar-refractivity contribution in [3.05, 3.63) is 78.1 Å². The normalized spacial score (nSPS) is 10.6. The quantitative estimate of drug-likeness (QED) is 0.410. The lowest BCUT2D eigenvalue weighted by molar-refractivity contribution is 0.112. The topological polar surface area (TPSA) is 42.2 Å². The number of aldehydes is 1. The molecular formula is C22H23NO2. The van der Waals surface area contributed by atoms with Crippen molar-refractivity contribution in [3.63, 3.8) is 0 Å². The van der Waals surface area contributed by atoms with Gasteiger partial charge in [0.2, 0.25) is 0 Å². The maximum Gasteiger partial charge on any atom is 0.150 e. The Morgan fingerprint density at radius 3 is 2.56 bits per heavy atom. The fraction of sp³-hybridized carbons (Fsp3) is 0.227. The van der Waals surface area contributed by atoms with E-state index in [1.165, 1.54) is 18.4 Å². The van der Waals surface area contributed by atoms with Gasteiger partial charge in [-0.15, -0.1) is 0 Å². The molecule has 0 bridgehead atoms. The number of benzene rings is 2. The Labute approximate surface area is 148 Å². The summed E-state index contributed by atoms with van der Waals surface area (Å²) in [4.78, 5) is 11.0. The zero-order valence-corrected chi connectivity index (χ0v) is 14.3. The molecule has 0 aliphatic carbocycles. The van der Waals surface area contributed by atoms with Gasteiger partial charge in [-0.2, -0.15) is 0 Å². The van der Waals surface area contributed by atoms with E-state index >= 15 is 0 Å². The number of unbranched alkanes of at least 4 members (excludes halogenated alkanes) is 2. The average Bonchev–Trinajstić information content (AvgIpc) is 3.20. The second-order valence-electron chi connectivity index (χ2n) is 6.12. The highest BCUT2D eigenvalue weighted by molar-refractivity contribution is 5.83. The van der Waals surface area contributed by atoms with Crippen LogP contribution in [0.5, 0.6) is 0 Å². The Balaban J connectivity index is 1.50. The van der Waals surface area contributed by atoms with Crippen LogP contribution in [0.3, 0.4) is 0 Å². The number of furan rings is 1. The summed E-state index contributed by atoms with van der Waals surface area (Å²) in [5.74, 6) is 0.773. The van der Waals surface area contributed by atoms with Crippen molar-refractivity contribution in [1.82, 2.24) is 0 Å². The molecule has 0 unspecified atom stereocenters. The van der Waals surface area contributed by atoms with Crippen LogP contribution in [0.25, 0.3) is 11.3 Å². The molecule has 1 heterocycles. The SMILES string of the molecule is O=Cc1ccc(NCCCCCc2ccccc2)c(-c2ccco2)c1. The molecule has 3 aromatic rings. The standard InChI is InChI=1S/C22H23NO2/c24-17-19-12-13-21(20(16-19)22-11-7-15-25-22)23-14-6-2-5-10-18-8-3-1-4-9-18/h1,3-4,7-9,11-13,15-17,23H,2,5-6,10,14H2. The van der Waals surface area contributed by atoms with Crippen LogP contribution >= 0.6 is 0 Å². The maximum atomic E-state index is 11.0. The molecule has 0 atom stereocenters. The highest BCUT2D eigenvalue weighted by Crippen LogP contribution is 2.29. The minimum absolute atomic E-state index is 0.653. The highest BCUT2D eigenvalue weighted by atomic mass is 16.3. The first-order valence-corrected chi connectivity index (χ1v) is 8.78. The zero-order chi connectivity index (χ0) is 17.3. The molecule has 0 saturated carbocycles. The van der Waals surface area contributed by atoms with Crippen molar-refractivity contribution in [1.29, 1.82) is 0 Å². The van der Waals surface area contributed by atoms with Crippen LogP contribution in [-0.2, 0) is 6.42 Å². The molecule has 0 amide bonds. The Morgan fingerprint density at radius 1 is 0.920 bits per heavy atom. The van der Waals surface area contributed by atoms with Gasteiger partial charge >= 0.3 is 0 Å². The second kappa shape index (κ2) is 8.88. The largest absolute Gasteiger partial charge is 0.464 e. The van der Waals surface area contributed by atoms with Gasteiger partial charge in [0.1, 0.15) is 12.0 Å². The third-order valence-corrected chi connectivity index (χ3v) is 4.27. The number of carbonyl (C=O) groups is 1. The lowest BCUT2D eigenvalue weighted by Crippen LogP contribution is -2.03. The predicted octanol–water partition coefficient (Wildman–Crippen LogP) is 5.58. The number of anilines is 1. The van der Waals surface area contributed by atoms with E-state index in [2.05, 4.69) is 35.6 Å². The predicted molar refractivity (Wildman–Crippen MR) is 102 cm³/mol. The Kier molecular flexibility index (Phi) is 6.05. The number of hydrogen-bond acceptors (Lipinski definition) is 3. The van der Waals surface area contributed by atoms with Crippen molar-refractivity contribution >= 4 is 12.0 Å². The molecule has 0 spiro atoms. The number of hydrogen-bond donors (Lipinski definition) is 1. The van der Waals surface area contributed by atoms with Crippen LogP contribution in [0.1, 0.15) is 35.2 Å². The van der Waals surface area contributed by atoms with E-state index in [9.17, 15) is 4.79 Å². The average molecular weight is 333 g/mol. The van der Waals surface area contributed by atoms with Gasteiger partial charge in [0.25, 0.3) is 0 Å². The summed E-state index contributed by atoms with van der Waals surface area (Å²) in [6.45, 7) is 0.906. The molecular weight excluding hydrogens is 310 g/mol. The van der Waals surface area contributed by atoms with Gasteiger partial charge < -0.3 is 9.73 Å². The molecule has 0 aliphatic rings. The van der Waals surface area contributed by atoms with E-state index in [1.807, 2.05) is 30.3 Å². The Hall–Kier alpha value is -2.81. The van der Waals surface area contributed by atoms with Crippen molar-refractivity contribution in [3.8, 4) is 11.3 Å². The van der Waals surface area contributed by atoms with Gasteiger partial charge in [0, 0.05) is 23.4 Å². The molecule has 1 N–H and O–H groups in total. The summed E-state index contributed by atoms with van der Waals surface area (Å²) in [7, 11) is 0. The van der Waals surface area contributed by atoms with E-state index in [-0.39, 0.29) is 0 Å². The number of nitrogens with one attached hydrogen (secondary N) is 1. The van der Waals surface area contributed by atoms with Gasteiger partial charge in [-0.25, -0.2) is 0 Å². The van der Waals surface area contributed by atoms with Crippen molar-refractivity contribution in [2.24, 2.45) is 0 Å². The van der Waals surface area contributed by atoms with Gasteiger partial charge in [-0.05, 0) is 55.2 Å². The van der Waals surface area contributed by atoms with Crippen LogP contribution in [0, 0.1) is 0 Å². The molecule has 0 radical (unpaired) electrons. The van der Waals surface area contributed by atoms with E-state index in [0.717, 1.165) is 42.7 Å². The maximum absolute atomic E-state index is 11.0. The third kappa shape index (κ3) is 4.83. The molecule has 128 valence electrons. The molecule has 25 heavy (non-hydrogen) atoms. The Morgan fingerprint density at radius 2 is 1.80 bits per heavy atom. The fourth-order valence-electron chi connectivity index (χ4n) is 2.92. The number of carbonyl (C=O) groups excluding carboxylic acids is 1. The molecule has 3 nitrogen and oxygen atoms in total. The van der Waals surface area contributed by atoms with Crippen molar-refractivity contribution in [2.45, 2.75) is 25.7 Å². The molecule has 0 saturated heterocycles. The van der Waals surface area contributed by atoms with Gasteiger partial charge in [0.05, 0.1) is 6.26 Å². The minimum atomic E-state index is 0.653. The summed E-state index contributed by atoms with van der Waals surface area (Å²) in [5.41, 5.74) is 3.99. The van der Waals surface area contributed by atoms with Gasteiger partial charge in [0.15, 0.2) is 0 Å². The van der Waals surface area contributed by atoms with E-state index in [0.29, 0.717) is 5.56 Å². The van der Waals surface area contributed by atoms with Crippen molar-refractivity contribution < 1.29 is 9.21 Å². The zero-order valence-electron chi connectivity index (χ0n) is 14.3. The smallest absolute Gasteiger partial charge is 0.150 e. The van der Waals surface area contributed by atoms with Crippen LogP contribution in [-0.4, -0.2) is 12.8 Å². The first kappa shape index (κ1) is 17.0. The summed E-state index contributed by atoms with van der Waals surface area (Å²) < 4.78 is 5.50. The van der Waals surface area contributed by atoms with Gasteiger partial charge in [-0.1, -0.05) is 36.8 Å². The van der Waals surface area contributed by atoms with Crippen LogP contribution in [0.2, 0.25) is 0 Å². The number of rotatable bonds is 9. The lowest BCUT2D eigenvalue weighted by atomic mass is 10.1. The first-order chi connectivity index (χ1) is 12.4. The number of aryl methyl sites for hydroxylation is 1. The highest BCUT2D eigenvalue weighted by Gasteiger charge is 2.08. The van der Waals surface area contributed by atoms with Crippen LogP contribution in [0.15, 0.2) is 71.3 Å². The lowest BCUT2D eigenvalue weighted by Gasteiger charge is -2.11. The first-order valence-electron chi connectivity index (χ1n) is 8.78. The summed E-state index contributed by atoms with van der Waals surface area (Å²) in [6.07, 6.45) is 7.13. The third-order valence-electron chi connectivity index (χ3n) is 4.27. The molecule has 3 heteroatoms.